The molecule has 0 bridgehead atoms. The molecular weight excluding hydrogens is 328 g/mol. The number of aliphatic hydroxyl groups excluding tert-OH is 1. The first kappa shape index (κ1) is 20.0. The van der Waals surface area contributed by atoms with Crippen LogP contribution in [-0.2, 0) is 0 Å². The molecule has 0 aromatic carbocycles. The molecule has 4 fully saturated rings. The van der Waals surface area contributed by atoms with Gasteiger partial charge in [0.25, 0.3) is 0 Å². The third-order valence-electron chi connectivity index (χ3n) is 9.68. The predicted molar refractivity (Wildman–Crippen MR) is 114 cm³/mol. The summed E-state index contributed by atoms with van der Waals surface area (Å²) in [5.41, 5.74) is 0.587. The second-order valence-corrected chi connectivity index (χ2v) is 11.5. The molecule has 9 atom stereocenters. The second kappa shape index (κ2) is 7.85. The molecule has 4 saturated carbocycles. The predicted octanol–water partition coefficient (Wildman–Crippen LogP) is 6.85. The zero-order valence-corrected chi connectivity index (χ0v) is 18.4. The maximum absolute atomic E-state index is 10.1. The number of fused-ring (bicyclic) bond motifs is 5. The van der Waals surface area contributed by atoms with Gasteiger partial charge in [0.05, 0.1) is 6.10 Å². The molecule has 1 N–H and O–H groups in total. The van der Waals surface area contributed by atoms with Gasteiger partial charge in [0.1, 0.15) is 0 Å². The summed E-state index contributed by atoms with van der Waals surface area (Å²) in [6, 6.07) is 0. The number of allylic oxidation sites excluding steroid dienone is 2. The Hall–Kier alpha value is -0.300. The molecule has 0 unspecified atom stereocenters. The van der Waals surface area contributed by atoms with Gasteiger partial charge in [-0.3, -0.25) is 0 Å². The van der Waals surface area contributed by atoms with E-state index in [4.69, 9.17) is 0 Å². The number of rotatable bonds is 4. The lowest BCUT2D eigenvalue weighted by molar-refractivity contribution is -0.0800. The minimum Gasteiger partial charge on any atom is -0.393 e. The van der Waals surface area contributed by atoms with Crippen molar-refractivity contribution in [3.8, 4) is 0 Å². The highest BCUT2D eigenvalue weighted by molar-refractivity contribution is 5.08. The summed E-state index contributed by atoms with van der Waals surface area (Å²) in [6.45, 7) is 9.82. The summed E-state index contributed by atoms with van der Waals surface area (Å²) < 4.78 is 0. The fraction of sp³-hybridized carbons (Fsp3) is 0.923. The van der Waals surface area contributed by atoms with Gasteiger partial charge in [-0.05, 0) is 117 Å². The van der Waals surface area contributed by atoms with Crippen molar-refractivity contribution in [3.05, 3.63) is 12.2 Å². The molecule has 0 aromatic rings. The minimum atomic E-state index is 0.00555. The van der Waals surface area contributed by atoms with Crippen molar-refractivity contribution < 1.29 is 5.11 Å². The lowest BCUT2D eigenvalue weighted by Crippen LogP contribution is -2.49. The normalized spacial score (nSPS) is 48.3. The Labute approximate surface area is 168 Å². The first-order chi connectivity index (χ1) is 12.9. The molecule has 0 aromatic heterocycles. The Morgan fingerprint density at radius 1 is 0.926 bits per heavy atom. The maximum Gasteiger partial charge on any atom is 0.0543 e. The Morgan fingerprint density at radius 3 is 2.48 bits per heavy atom. The Kier molecular flexibility index (Phi) is 5.81. The fourth-order valence-corrected chi connectivity index (χ4v) is 8.43. The molecule has 0 heterocycles. The SMILES string of the molecule is CC(C)C/C=C/[C@@H](C)[C@H]1CC[C@H]2[C@@H]3CC[C@H]4C[C@@H](O)CC[C@@H]4[C@H]3CC[C@]12C. The van der Waals surface area contributed by atoms with Gasteiger partial charge in [-0.25, -0.2) is 0 Å². The monoisotopic (exact) mass is 372 g/mol. The summed E-state index contributed by atoms with van der Waals surface area (Å²) in [7, 11) is 0. The molecule has 154 valence electrons. The van der Waals surface area contributed by atoms with Gasteiger partial charge >= 0.3 is 0 Å². The van der Waals surface area contributed by atoms with Crippen LogP contribution >= 0.6 is 0 Å². The van der Waals surface area contributed by atoms with Gasteiger partial charge < -0.3 is 5.11 Å². The maximum atomic E-state index is 10.1. The van der Waals surface area contributed by atoms with E-state index >= 15 is 0 Å². The third-order valence-corrected chi connectivity index (χ3v) is 9.68. The second-order valence-electron chi connectivity index (χ2n) is 11.5. The van der Waals surface area contributed by atoms with Crippen molar-refractivity contribution in [1.29, 1.82) is 0 Å². The van der Waals surface area contributed by atoms with Gasteiger partial charge in [-0.2, -0.15) is 0 Å². The van der Waals surface area contributed by atoms with Crippen molar-refractivity contribution in [3.63, 3.8) is 0 Å². The smallest absolute Gasteiger partial charge is 0.0543 e. The fourth-order valence-electron chi connectivity index (χ4n) is 8.43. The zero-order chi connectivity index (χ0) is 19.2. The van der Waals surface area contributed by atoms with Crippen molar-refractivity contribution >= 4 is 0 Å². The molecule has 0 spiro atoms. The Balaban J connectivity index is 1.46. The first-order valence-electron chi connectivity index (χ1n) is 12.2. The van der Waals surface area contributed by atoms with E-state index in [1.807, 2.05) is 0 Å². The van der Waals surface area contributed by atoms with Crippen LogP contribution in [0.2, 0.25) is 0 Å². The number of hydrogen-bond acceptors (Lipinski definition) is 1. The highest BCUT2D eigenvalue weighted by Gasteiger charge is 2.57. The van der Waals surface area contributed by atoms with Crippen LogP contribution in [0.15, 0.2) is 12.2 Å². The lowest BCUT2D eigenvalue weighted by Gasteiger charge is -2.56. The summed E-state index contributed by atoms with van der Waals surface area (Å²) in [5, 5.41) is 10.1. The van der Waals surface area contributed by atoms with Crippen molar-refractivity contribution in [2.45, 2.75) is 98.0 Å². The molecular formula is C26H44O. The average Bonchev–Trinajstić information content (AvgIpc) is 2.98. The van der Waals surface area contributed by atoms with Crippen LogP contribution in [0.25, 0.3) is 0 Å². The van der Waals surface area contributed by atoms with Gasteiger partial charge in [0.2, 0.25) is 0 Å². The largest absolute Gasteiger partial charge is 0.393 e. The number of aliphatic hydroxyl groups is 1. The summed E-state index contributed by atoms with van der Waals surface area (Å²) >= 11 is 0. The summed E-state index contributed by atoms with van der Waals surface area (Å²) in [4.78, 5) is 0. The van der Waals surface area contributed by atoms with E-state index in [0.717, 1.165) is 60.2 Å². The highest BCUT2D eigenvalue weighted by atomic mass is 16.3. The van der Waals surface area contributed by atoms with Crippen LogP contribution in [0.1, 0.15) is 91.9 Å². The van der Waals surface area contributed by atoms with Crippen LogP contribution in [-0.4, -0.2) is 11.2 Å². The molecule has 1 heteroatoms. The van der Waals surface area contributed by atoms with Gasteiger partial charge in [0, 0.05) is 0 Å². The Morgan fingerprint density at radius 2 is 1.70 bits per heavy atom. The molecule has 0 radical (unpaired) electrons. The van der Waals surface area contributed by atoms with E-state index in [1.54, 1.807) is 0 Å². The molecule has 0 amide bonds. The van der Waals surface area contributed by atoms with Crippen LogP contribution in [0.3, 0.4) is 0 Å². The van der Waals surface area contributed by atoms with E-state index in [1.165, 1.54) is 51.4 Å². The van der Waals surface area contributed by atoms with Gasteiger partial charge in [-0.15, -0.1) is 0 Å². The van der Waals surface area contributed by atoms with E-state index < -0.39 is 0 Å². The molecule has 0 aliphatic heterocycles. The molecule has 4 aliphatic rings. The number of hydrogen-bond donors (Lipinski definition) is 1. The highest BCUT2D eigenvalue weighted by Crippen LogP contribution is 2.65. The van der Waals surface area contributed by atoms with Gasteiger partial charge in [-0.1, -0.05) is 39.8 Å². The summed E-state index contributed by atoms with van der Waals surface area (Å²) in [6.07, 6.45) is 18.5. The van der Waals surface area contributed by atoms with Gasteiger partial charge in [0.15, 0.2) is 0 Å². The lowest BCUT2D eigenvalue weighted by atomic mass is 9.49. The van der Waals surface area contributed by atoms with E-state index in [9.17, 15) is 5.11 Å². The molecule has 1 nitrogen and oxygen atoms in total. The van der Waals surface area contributed by atoms with Crippen molar-refractivity contribution in [2.75, 3.05) is 0 Å². The van der Waals surface area contributed by atoms with E-state index in [2.05, 4.69) is 39.8 Å². The Bertz CT molecular complexity index is 536. The third kappa shape index (κ3) is 3.67. The van der Waals surface area contributed by atoms with Crippen molar-refractivity contribution in [2.24, 2.45) is 52.8 Å². The van der Waals surface area contributed by atoms with Crippen LogP contribution in [0.4, 0.5) is 0 Å². The molecule has 0 saturated heterocycles. The summed E-state index contributed by atoms with van der Waals surface area (Å²) in [5.74, 6) is 7.18. The topological polar surface area (TPSA) is 20.2 Å². The molecule has 4 rings (SSSR count). The standard InChI is InChI=1S/C26H44O/c1-17(2)6-5-7-18(3)24-12-13-25-23-10-8-19-16-20(27)9-11-21(19)22(23)14-15-26(24,25)4/h5,7,17-25,27H,6,8-16H2,1-4H3/b7-5+/t18-,19+,20+,21+,22-,23-,24-,25+,26-/m1/s1. The van der Waals surface area contributed by atoms with E-state index in [-0.39, 0.29) is 6.10 Å². The van der Waals surface area contributed by atoms with Crippen molar-refractivity contribution in [1.82, 2.24) is 0 Å². The minimum absolute atomic E-state index is 0.00555. The van der Waals surface area contributed by atoms with E-state index in [0.29, 0.717) is 5.41 Å². The quantitative estimate of drug-likeness (QED) is 0.535. The molecule has 4 aliphatic carbocycles. The van der Waals surface area contributed by atoms with Crippen LogP contribution < -0.4 is 0 Å². The average molecular weight is 373 g/mol. The van der Waals surface area contributed by atoms with Crippen LogP contribution in [0, 0.1) is 52.8 Å². The first-order valence-corrected chi connectivity index (χ1v) is 12.2. The zero-order valence-electron chi connectivity index (χ0n) is 18.4. The molecule has 27 heavy (non-hydrogen) atoms. The van der Waals surface area contributed by atoms with Crippen LogP contribution in [0.5, 0.6) is 0 Å².